The Morgan fingerprint density at radius 2 is 1.79 bits per heavy atom. The zero-order valence-corrected chi connectivity index (χ0v) is 17.0. The standard InChI is InChI=1S/C21H22BF2N3O2/c1-12-10-14(3)25-19(12)18(20-13(2)11-15(4)27(20)22(23)24)16-6-8-17(9-7-16)26-21(28)29-5/h6-11H,1-5H3,(H,26,28)/b19-18-. The smallest absolute Gasteiger partial charge is 0.453 e. The first-order valence-corrected chi connectivity index (χ1v) is 9.13. The van der Waals surface area contributed by atoms with Crippen molar-refractivity contribution in [1.29, 1.82) is 0 Å². The minimum atomic E-state index is -2.68. The van der Waals surface area contributed by atoms with Crippen molar-refractivity contribution in [3.63, 3.8) is 0 Å². The number of rotatable bonds is 4. The number of hydrogen-bond donors (Lipinski definition) is 1. The van der Waals surface area contributed by atoms with Crippen LogP contribution in [0.2, 0.25) is 0 Å². The van der Waals surface area contributed by atoms with E-state index >= 15 is 0 Å². The van der Waals surface area contributed by atoms with Gasteiger partial charge in [-0.3, -0.25) is 18.9 Å². The van der Waals surface area contributed by atoms with Crippen LogP contribution < -0.4 is 5.32 Å². The lowest BCUT2D eigenvalue weighted by Gasteiger charge is -2.17. The second-order valence-electron chi connectivity index (χ2n) is 6.96. The molecule has 1 aromatic heterocycles. The number of allylic oxidation sites excluding steroid dienone is 2. The molecule has 0 fully saturated rings. The highest BCUT2D eigenvalue weighted by Gasteiger charge is 2.29. The highest BCUT2D eigenvalue weighted by molar-refractivity contribution is 6.41. The van der Waals surface area contributed by atoms with E-state index in [0.29, 0.717) is 28.3 Å². The second kappa shape index (κ2) is 8.07. The summed E-state index contributed by atoms with van der Waals surface area (Å²) in [6.45, 7) is 7.28. The second-order valence-corrected chi connectivity index (χ2v) is 6.96. The summed E-state index contributed by atoms with van der Waals surface area (Å²) in [4.78, 5) is 16.0. The third kappa shape index (κ3) is 4.01. The molecule has 0 spiro atoms. The molecular formula is C21H22BF2N3O2. The average Bonchev–Trinajstić information content (AvgIpc) is 3.14. The molecule has 0 bridgehead atoms. The molecule has 1 aliphatic heterocycles. The lowest BCUT2D eigenvalue weighted by atomic mass is 9.94. The maximum absolute atomic E-state index is 13.9. The molecule has 1 aromatic carbocycles. The Hall–Kier alpha value is -3.16. The third-order valence-corrected chi connectivity index (χ3v) is 4.78. The van der Waals surface area contributed by atoms with Gasteiger partial charge in [-0.25, -0.2) is 4.79 Å². The Bertz CT molecular complexity index is 1050. The minimum Gasteiger partial charge on any atom is -0.453 e. The maximum Gasteiger partial charge on any atom is 0.677 e. The molecule has 0 unspecified atom stereocenters. The van der Waals surface area contributed by atoms with Crippen molar-refractivity contribution in [2.45, 2.75) is 27.7 Å². The number of aryl methyl sites for hydroxylation is 2. The van der Waals surface area contributed by atoms with Crippen molar-refractivity contribution in [2.24, 2.45) is 4.99 Å². The molecule has 5 nitrogen and oxygen atoms in total. The van der Waals surface area contributed by atoms with Crippen LogP contribution in [0.1, 0.15) is 36.4 Å². The summed E-state index contributed by atoms with van der Waals surface area (Å²) in [5.41, 5.74) is 5.96. The van der Waals surface area contributed by atoms with Gasteiger partial charge >= 0.3 is 13.5 Å². The van der Waals surface area contributed by atoms with Gasteiger partial charge in [-0.2, -0.15) is 0 Å². The predicted octanol–water partition coefficient (Wildman–Crippen LogP) is 5.24. The van der Waals surface area contributed by atoms with Crippen LogP contribution in [0, 0.1) is 13.8 Å². The summed E-state index contributed by atoms with van der Waals surface area (Å²) in [5.74, 6) is 0. The molecule has 2 aromatic rings. The van der Waals surface area contributed by atoms with Crippen LogP contribution in [-0.4, -0.2) is 30.8 Å². The molecule has 1 N–H and O–H groups in total. The van der Waals surface area contributed by atoms with Gasteiger partial charge < -0.3 is 9.21 Å². The number of benzene rings is 1. The number of hydrogen-bond acceptors (Lipinski definition) is 3. The van der Waals surface area contributed by atoms with Crippen LogP contribution in [0.4, 0.5) is 19.1 Å². The lowest BCUT2D eigenvalue weighted by molar-refractivity contribution is 0.187. The normalized spacial score (nSPS) is 15.0. The molecule has 0 atom stereocenters. The quantitative estimate of drug-likeness (QED) is 0.718. The number of aliphatic imine (C=N–C) groups is 1. The van der Waals surface area contributed by atoms with E-state index in [1.54, 1.807) is 37.3 Å². The molecule has 3 rings (SSSR count). The monoisotopic (exact) mass is 397 g/mol. The third-order valence-electron chi connectivity index (χ3n) is 4.78. The van der Waals surface area contributed by atoms with E-state index in [1.807, 2.05) is 26.8 Å². The first-order chi connectivity index (χ1) is 13.7. The minimum absolute atomic E-state index is 0.437. The SMILES string of the molecule is COC(=O)Nc1ccc(/C(=C2/N=C(C)C=C2C)c2c(C)cc(C)n2B(F)F)cc1. The van der Waals surface area contributed by atoms with Gasteiger partial charge in [0.1, 0.15) is 0 Å². The zero-order valence-electron chi connectivity index (χ0n) is 17.0. The van der Waals surface area contributed by atoms with Gasteiger partial charge in [0.25, 0.3) is 0 Å². The fourth-order valence-corrected chi connectivity index (χ4v) is 3.59. The first-order valence-electron chi connectivity index (χ1n) is 9.13. The number of carbonyl (C=O) groups is 1. The number of nitrogens with zero attached hydrogens (tertiary/aromatic N) is 2. The van der Waals surface area contributed by atoms with Crippen LogP contribution >= 0.6 is 0 Å². The number of ether oxygens (including phenoxy) is 1. The van der Waals surface area contributed by atoms with E-state index in [9.17, 15) is 13.4 Å². The van der Waals surface area contributed by atoms with Gasteiger partial charge in [0.05, 0.1) is 12.8 Å². The number of nitrogens with one attached hydrogen (secondary N) is 1. The summed E-state index contributed by atoms with van der Waals surface area (Å²) in [6.07, 6.45) is 1.35. The molecule has 150 valence electrons. The number of methoxy groups -OCH3 is 1. The molecule has 0 radical (unpaired) electrons. The highest BCUT2D eigenvalue weighted by atomic mass is 19.2. The highest BCUT2D eigenvalue weighted by Crippen LogP contribution is 2.37. The van der Waals surface area contributed by atoms with Gasteiger partial charge in [0.2, 0.25) is 0 Å². The van der Waals surface area contributed by atoms with Crippen LogP contribution in [0.3, 0.4) is 0 Å². The van der Waals surface area contributed by atoms with Crippen molar-refractivity contribution in [3.8, 4) is 0 Å². The molecule has 1 amide bonds. The van der Waals surface area contributed by atoms with Crippen molar-refractivity contribution >= 4 is 30.5 Å². The molecule has 8 heteroatoms. The van der Waals surface area contributed by atoms with Gasteiger partial charge in [-0.1, -0.05) is 12.1 Å². The summed E-state index contributed by atoms with van der Waals surface area (Å²) in [7, 11) is -1.39. The van der Waals surface area contributed by atoms with Crippen LogP contribution in [0.5, 0.6) is 0 Å². The summed E-state index contributed by atoms with van der Waals surface area (Å²) < 4.78 is 33.5. The van der Waals surface area contributed by atoms with Crippen molar-refractivity contribution in [3.05, 3.63) is 70.2 Å². The number of aromatic nitrogens is 1. The fraction of sp³-hybridized carbons (Fsp3) is 0.238. The fourth-order valence-electron chi connectivity index (χ4n) is 3.59. The Labute approximate surface area is 169 Å². The van der Waals surface area contributed by atoms with Crippen molar-refractivity contribution in [1.82, 2.24) is 4.48 Å². The molecule has 1 aliphatic rings. The molecule has 2 heterocycles. The van der Waals surface area contributed by atoms with Gasteiger partial charge in [0, 0.05) is 28.4 Å². The lowest BCUT2D eigenvalue weighted by Crippen LogP contribution is -2.18. The number of halogens is 2. The van der Waals surface area contributed by atoms with Gasteiger partial charge in [-0.05, 0) is 68.7 Å². The summed E-state index contributed by atoms with van der Waals surface area (Å²) >= 11 is 0. The molecule has 0 saturated carbocycles. The van der Waals surface area contributed by atoms with E-state index in [2.05, 4.69) is 15.0 Å². The maximum atomic E-state index is 13.9. The van der Waals surface area contributed by atoms with Crippen LogP contribution in [-0.2, 0) is 4.74 Å². The number of anilines is 1. The molecule has 0 saturated heterocycles. The largest absolute Gasteiger partial charge is 0.677 e. The van der Waals surface area contributed by atoms with Gasteiger partial charge in [-0.15, -0.1) is 0 Å². The van der Waals surface area contributed by atoms with Crippen LogP contribution in [0.25, 0.3) is 5.57 Å². The summed E-state index contributed by atoms with van der Waals surface area (Å²) in [6, 6.07) is 8.72. The van der Waals surface area contributed by atoms with Crippen molar-refractivity contribution in [2.75, 3.05) is 12.4 Å². The molecular weight excluding hydrogens is 375 g/mol. The van der Waals surface area contributed by atoms with E-state index in [1.165, 1.54) is 7.11 Å². The van der Waals surface area contributed by atoms with Crippen LogP contribution in [0.15, 0.2) is 52.7 Å². The first kappa shape index (κ1) is 20.6. The average molecular weight is 397 g/mol. The molecule has 0 aliphatic carbocycles. The Kier molecular flexibility index (Phi) is 5.72. The Morgan fingerprint density at radius 1 is 1.14 bits per heavy atom. The zero-order chi connectivity index (χ0) is 21.3. The molecule has 29 heavy (non-hydrogen) atoms. The van der Waals surface area contributed by atoms with Gasteiger partial charge in [0.15, 0.2) is 0 Å². The summed E-state index contributed by atoms with van der Waals surface area (Å²) in [5, 5.41) is 2.59. The predicted molar refractivity (Wildman–Crippen MR) is 113 cm³/mol. The van der Waals surface area contributed by atoms with E-state index < -0.39 is 13.5 Å². The Balaban J connectivity index is 2.22. The van der Waals surface area contributed by atoms with E-state index in [4.69, 9.17) is 0 Å². The number of amides is 1. The van der Waals surface area contributed by atoms with Crippen molar-refractivity contribution < 1.29 is 18.2 Å². The topological polar surface area (TPSA) is 55.6 Å². The number of carbonyl (C=O) groups excluding carboxylic acids is 1. The van der Waals surface area contributed by atoms with E-state index in [0.717, 1.165) is 26.9 Å². The Morgan fingerprint density at radius 3 is 2.31 bits per heavy atom. The van der Waals surface area contributed by atoms with E-state index in [-0.39, 0.29) is 0 Å².